The van der Waals surface area contributed by atoms with Gasteiger partial charge in [0.15, 0.2) is 11.5 Å². The number of hydrogen-bond acceptors (Lipinski definition) is 8. The van der Waals surface area contributed by atoms with Crippen molar-refractivity contribution < 1.29 is 19.4 Å². The van der Waals surface area contributed by atoms with E-state index in [1.54, 1.807) is 55.1 Å². The molecule has 2 aliphatic heterocycles. The second kappa shape index (κ2) is 10.8. The number of anilines is 1. The van der Waals surface area contributed by atoms with Gasteiger partial charge >= 0.3 is 11.4 Å². The average molecular weight is 701 g/mol. The summed E-state index contributed by atoms with van der Waals surface area (Å²) in [7, 11) is 3.14. The van der Waals surface area contributed by atoms with Gasteiger partial charge < -0.3 is 9.84 Å². The van der Waals surface area contributed by atoms with Crippen LogP contribution in [0, 0.1) is 18.3 Å². The zero-order valence-corrected chi connectivity index (χ0v) is 29.0. The molecule has 4 unspecified atom stereocenters. The van der Waals surface area contributed by atoms with Crippen LogP contribution in [0.3, 0.4) is 0 Å². The number of thiophene rings is 1. The predicted molar refractivity (Wildman–Crippen MR) is 186 cm³/mol. The number of aromatic hydroxyl groups is 1. The van der Waals surface area contributed by atoms with Crippen LogP contribution in [0.2, 0.25) is 5.02 Å². The Kier molecular flexibility index (Phi) is 6.93. The number of halogens is 1. The van der Waals surface area contributed by atoms with E-state index in [-0.39, 0.29) is 24.5 Å². The van der Waals surface area contributed by atoms with E-state index in [4.69, 9.17) is 21.4 Å². The van der Waals surface area contributed by atoms with E-state index in [9.17, 15) is 24.3 Å². The van der Waals surface area contributed by atoms with Crippen molar-refractivity contribution in [1.82, 2.24) is 23.7 Å². The summed E-state index contributed by atoms with van der Waals surface area (Å²) in [5.74, 6) is -1.80. The van der Waals surface area contributed by atoms with Gasteiger partial charge in [-0.05, 0) is 79.6 Å². The van der Waals surface area contributed by atoms with Gasteiger partial charge in [-0.15, -0.1) is 11.3 Å². The summed E-state index contributed by atoms with van der Waals surface area (Å²) in [4.78, 5) is 58.2. The molecule has 0 spiro atoms. The minimum absolute atomic E-state index is 0.0536. The number of carbonyl (C=O) groups excluding carboxylic acids is 2. The Morgan fingerprint density at radius 2 is 1.86 bits per heavy atom. The minimum Gasteiger partial charge on any atom is -0.504 e. The molecule has 8 rings (SSSR count). The number of rotatable bonds is 5. The van der Waals surface area contributed by atoms with Crippen molar-refractivity contribution >= 4 is 50.7 Å². The van der Waals surface area contributed by atoms with Gasteiger partial charge in [0, 0.05) is 35.8 Å². The van der Waals surface area contributed by atoms with E-state index < -0.39 is 46.5 Å². The van der Waals surface area contributed by atoms with Gasteiger partial charge in [-0.25, -0.2) is 28.4 Å². The van der Waals surface area contributed by atoms with Crippen LogP contribution in [-0.2, 0) is 30.2 Å². The molecule has 49 heavy (non-hydrogen) atoms. The number of imide groups is 1. The van der Waals surface area contributed by atoms with E-state index in [2.05, 4.69) is 0 Å². The first-order valence-electron chi connectivity index (χ1n) is 16.0. The fraction of sp³-hybridized carbons (Fsp3) is 0.343. The van der Waals surface area contributed by atoms with Crippen molar-refractivity contribution in [2.75, 3.05) is 11.5 Å². The van der Waals surface area contributed by atoms with Gasteiger partial charge in [0.25, 0.3) is 0 Å². The van der Waals surface area contributed by atoms with E-state index >= 15 is 0 Å². The predicted octanol–water partition coefficient (Wildman–Crippen LogP) is 4.89. The number of aryl methyl sites for hydroxylation is 2. The number of carbonyl (C=O) groups is 2. The van der Waals surface area contributed by atoms with Crippen LogP contribution in [0.25, 0.3) is 20.7 Å². The Labute approximate surface area is 289 Å². The van der Waals surface area contributed by atoms with Crippen LogP contribution in [0.4, 0.5) is 5.82 Å². The lowest BCUT2D eigenvalue weighted by Crippen LogP contribution is -2.49. The maximum Gasteiger partial charge on any atom is 0.347 e. The highest BCUT2D eigenvalue weighted by atomic mass is 35.5. The lowest BCUT2D eigenvalue weighted by atomic mass is 9.56. The molecule has 1 saturated heterocycles. The third-order valence-corrected chi connectivity index (χ3v) is 12.1. The molecule has 0 radical (unpaired) electrons. The molecule has 1 N–H and O–H groups in total. The summed E-state index contributed by atoms with van der Waals surface area (Å²) in [6.45, 7) is 6.04. The highest BCUT2D eigenvalue weighted by Gasteiger charge is 2.66. The summed E-state index contributed by atoms with van der Waals surface area (Å²) in [5.41, 5.74) is 0.805. The fourth-order valence-electron chi connectivity index (χ4n) is 8.18. The van der Waals surface area contributed by atoms with Gasteiger partial charge in [0.2, 0.25) is 11.8 Å². The normalized spacial score (nSPS) is 23.1. The first-order chi connectivity index (χ1) is 23.4. The molecular weight excluding hydrogens is 668 g/mol. The van der Waals surface area contributed by atoms with Gasteiger partial charge in [-0.2, -0.15) is 5.10 Å². The summed E-state index contributed by atoms with van der Waals surface area (Å²) >= 11 is 7.85. The van der Waals surface area contributed by atoms with Crippen molar-refractivity contribution in [3.8, 4) is 22.1 Å². The second-order valence-electron chi connectivity index (χ2n) is 13.1. The van der Waals surface area contributed by atoms with E-state index in [0.717, 1.165) is 30.7 Å². The largest absolute Gasteiger partial charge is 0.504 e. The molecule has 1 aliphatic carbocycles. The first kappa shape index (κ1) is 31.4. The number of aromatic nitrogens is 5. The highest BCUT2D eigenvalue weighted by Crippen LogP contribution is 2.61. The molecule has 12 nitrogen and oxygen atoms in total. The maximum atomic E-state index is 14.9. The summed E-state index contributed by atoms with van der Waals surface area (Å²) in [5, 5.41) is 17.0. The van der Waals surface area contributed by atoms with Crippen molar-refractivity contribution in [3.05, 3.63) is 91.2 Å². The molecule has 2 fully saturated rings. The fourth-order valence-corrected chi connectivity index (χ4v) is 9.50. The standard InChI is InChI=1S/C35H33ClN6O6S/c1-6-48-26-13-18(7-9-25(26)43)29-20-11-12-40-33(46)38(4)34(47)42(40)24(20)15-22-31(44)41(32(45)35(22,29)3)28-16-23(37-39(28)5)30-17(2)21-14-19(36)8-10-27(21)49-30/h7-11,13-14,16,22,24,29,43H,6,12,15H2,1-5H3. The zero-order chi connectivity index (χ0) is 34.7. The molecule has 2 aromatic carbocycles. The van der Waals surface area contributed by atoms with E-state index in [0.29, 0.717) is 28.7 Å². The highest BCUT2D eigenvalue weighted by molar-refractivity contribution is 7.22. The van der Waals surface area contributed by atoms with Crippen LogP contribution >= 0.6 is 22.9 Å². The minimum atomic E-state index is -1.28. The Morgan fingerprint density at radius 1 is 1.08 bits per heavy atom. The number of benzene rings is 2. The van der Waals surface area contributed by atoms with Gasteiger partial charge in [-0.1, -0.05) is 23.7 Å². The van der Waals surface area contributed by atoms with Crippen molar-refractivity contribution in [2.45, 2.75) is 45.7 Å². The van der Waals surface area contributed by atoms with Crippen molar-refractivity contribution in [1.29, 1.82) is 0 Å². The van der Waals surface area contributed by atoms with Crippen LogP contribution in [0.5, 0.6) is 11.5 Å². The Morgan fingerprint density at radius 3 is 2.61 bits per heavy atom. The molecule has 1 saturated carbocycles. The molecule has 5 aromatic rings. The molecule has 0 bridgehead atoms. The number of fused-ring (bicyclic) bond motifs is 5. The molecule has 3 aromatic heterocycles. The monoisotopic (exact) mass is 700 g/mol. The van der Waals surface area contributed by atoms with Gasteiger partial charge in [0.1, 0.15) is 11.5 Å². The quantitative estimate of drug-likeness (QED) is 0.204. The summed E-state index contributed by atoms with van der Waals surface area (Å²) in [6.07, 6.45) is 2.03. The third-order valence-electron chi connectivity index (χ3n) is 10.6. The summed E-state index contributed by atoms with van der Waals surface area (Å²) < 4.78 is 12.2. The van der Waals surface area contributed by atoms with Crippen molar-refractivity contribution in [3.63, 3.8) is 0 Å². The topological polar surface area (TPSA) is 134 Å². The van der Waals surface area contributed by atoms with E-state index in [1.165, 1.54) is 27.4 Å². The first-order valence-corrected chi connectivity index (χ1v) is 17.2. The Balaban J connectivity index is 1.29. The van der Waals surface area contributed by atoms with Crippen LogP contribution < -0.4 is 21.0 Å². The Hall–Kier alpha value is -4.88. The lowest BCUT2D eigenvalue weighted by Gasteiger charge is -2.47. The lowest BCUT2D eigenvalue weighted by molar-refractivity contribution is -0.129. The number of nitrogens with zero attached hydrogens (tertiary/aromatic N) is 6. The number of allylic oxidation sites excluding steroid dienone is 2. The number of ether oxygens (including phenoxy) is 1. The van der Waals surface area contributed by atoms with Crippen molar-refractivity contribution in [2.24, 2.45) is 25.4 Å². The molecule has 5 heterocycles. The second-order valence-corrected chi connectivity index (χ2v) is 14.6. The SMILES string of the molecule is CCOc1cc(C2C3=CCn4c(=O)n(C)c(=O)n4C3CC3C(=O)N(c4cc(-c5sc6ccc(Cl)cc6c5C)nn4C)C(=O)C32C)ccc1O. The van der Waals surface area contributed by atoms with E-state index in [1.807, 2.05) is 31.2 Å². The van der Waals surface area contributed by atoms with Crippen LogP contribution in [-0.4, -0.2) is 47.2 Å². The smallest absolute Gasteiger partial charge is 0.347 e. The maximum absolute atomic E-state index is 14.9. The van der Waals surface area contributed by atoms with Gasteiger partial charge in [0.05, 0.1) is 35.4 Å². The molecule has 3 aliphatic rings. The molecule has 2 amide bonds. The van der Waals surface area contributed by atoms with Crippen LogP contribution in [0.1, 0.15) is 43.4 Å². The number of phenols is 1. The van der Waals surface area contributed by atoms with Gasteiger partial charge in [-0.3, -0.25) is 14.3 Å². The number of phenolic OH excluding ortho intramolecular Hbond substituents is 1. The summed E-state index contributed by atoms with van der Waals surface area (Å²) in [6, 6.07) is 11.8. The molecule has 14 heteroatoms. The molecular formula is C35H33ClN6O6S. The van der Waals surface area contributed by atoms with Crippen LogP contribution in [0.15, 0.2) is 63.7 Å². The molecule has 252 valence electrons. The average Bonchev–Trinajstić information content (AvgIpc) is 3.73. The Bertz CT molecular complexity index is 2410. The third kappa shape index (κ3) is 4.24. The number of hydrogen-bond donors (Lipinski definition) is 1. The molecule has 4 atom stereocenters. The zero-order valence-electron chi connectivity index (χ0n) is 27.4. The number of amides is 2.